The SMILES string of the molecule is CC[C@H](O)Cn1nc(C)nc1CSc1ncccn1. The van der Waals surface area contributed by atoms with Crippen LogP contribution in [0.25, 0.3) is 0 Å². The summed E-state index contributed by atoms with van der Waals surface area (Å²) in [4.78, 5) is 12.7. The molecule has 0 aliphatic heterocycles. The third-order valence-electron chi connectivity index (χ3n) is 2.58. The Hall–Kier alpha value is -1.47. The molecule has 2 aromatic heterocycles. The van der Waals surface area contributed by atoms with Crippen LogP contribution in [-0.2, 0) is 12.3 Å². The molecule has 19 heavy (non-hydrogen) atoms. The quantitative estimate of drug-likeness (QED) is 0.637. The van der Waals surface area contributed by atoms with Crippen molar-refractivity contribution in [3.8, 4) is 0 Å². The Kier molecular flexibility index (Phi) is 4.86. The Balaban J connectivity index is 2.03. The van der Waals surface area contributed by atoms with Gasteiger partial charge in [-0.3, -0.25) is 0 Å². The summed E-state index contributed by atoms with van der Waals surface area (Å²) in [6, 6.07) is 1.79. The summed E-state index contributed by atoms with van der Waals surface area (Å²) in [7, 11) is 0. The first-order valence-electron chi connectivity index (χ1n) is 6.17. The third-order valence-corrected chi connectivity index (χ3v) is 3.45. The second kappa shape index (κ2) is 6.63. The molecule has 1 atom stereocenters. The number of hydrogen-bond acceptors (Lipinski definition) is 6. The van der Waals surface area contributed by atoms with Crippen molar-refractivity contribution in [2.75, 3.05) is 0 Å². The van der Waals surface area contributed by atoms with Crippen LogP contribution in [-0.4, -0.2) is 35.9 Å². The van der Waals surface area contributed by atoms with Gasteiger partial charge in [-0.2, -0.15) is 5.10 Å². The molecule has 0 unspecified atom stereocenters. The Morgan fingerprint density at radius 3 is 2.79 bits per heavy atom. The molecular formula is C12H17N5OS. The lowest BCUT2D eigenvalue weighted by Gasteiger charge is -2.09. The highest BCUT2D eigenvalue weighted by atomic mass is 32.2. The highest BCUT2D eigenvalue weighted by molar-refractivity contribution is 7.98. The van der Waals surface area contributed by atoms with E-state index >= 15 is 0 Å². The van der Waals surface area contributed by atoms with Gasteiger partial charge in [-0.25, -0.2) is 19.6 Å². The number of thioether (sulfide) groups is 1. The number of aryl methyl sites for hydroxylation is 1. The molecule has 2 aromatic rings. The lowest BCUT2D eigenvalue weighted by molar-refractivity contribution is 0.144. The smallest absolute Gasteiger partial charge is 0.187 e. The van der Waals surface area contributed by atoms with Crippen molar-refractivity contribution in [1.82, 2.24) is 24.7 Å². The predicted molar refractivity (Wildman–Crippen MR) is 72.6 cm³/mol. The minimum atomic E-state index is -0.391. The van der Waals surface area contributed by atoms with Crippen LogP contribution in [0.3, 0.4) is 0 Å². The molecule has 0 aliphatic carbocycles. The van der Waals surface area contributed by atoms with Crippen molar-refractivity contribution < 1.29 is 5.11 Å². The lowest BCUT2D eigenvalue weighted by Crippen LogP contribution is -2.17. The molecule has 0 fully saturated rings. The first-order valence-corrected chi connectivity index (χ1v) is 7.15. The Labute approximate surface area is 116 Å². The van der Waals surface area contributed by atoms with Crippen LogP contribution in [0.4, 0.5) is 0 Å². The maximum absolute atomic E-state index is 9.71. The van der Waals surface area contributed by atoms with Crippen molar-refractivity contribution in [3.63, 3.8) is 0 Å². The highest BCUT2D eigenvalue weighted by Gasteiger charge is 2.11. The number of aromatic nitrogens is 5. The molecule has 0 saturated carbocycles. The minimum Gasteiger partial charge on any atom is -0.391 e. The molecule has 0 bridgehead atoms. The Morgan fingerprint density at radius 2 is 2.11 bits per heavy atom. The summed E-state index contributed by atoms with van der Waals surface area (Å²) >= 11 is 1.51. The predicted octanol–water partition coefficient (Wildman–Crippen LogP) is 1.44. The molecule has 7 heteroatoms. The molecule has 0 radical (unpaired) electrons. The van der Waals surface area contributed by atoms with Gasteiger partial charge in [0.1, 0.15) is 11.6 Å². The van der Waals surface area contributed by atoms with Crippen LogP contribution in [0.15, 0.2) is 23.6 Å². The van der Waals surface area contributed by atoms with Crippen LogP contribution in [0.2, 0.25) is 0 Å². The van der Waals surface area contributed by atoms with Crippen LogP contribution < -0.4 is 0 Å². The Bertz CT molecular complexity index is 516. The fourth-order valence-corrected chi connectivity index (χ4v) is 2.31. The molecule has 0 aromatic carbocycles. The van der Waals surface area contributed by atoms with Gasteiger partial charge in [-0.1, -0.05) is 18.7 Å². The summed E-state index contributed by atoms with van der Waals surface area (Å²) in [5, 5.41) is 14.7. The second-order valence-electron chi connectivity index (χ2n) is 4.14. The van der Waals surface area contributed by atoms with Gasteiger partial charge in [0.25, 0.3) is 0 Å². The van der Waals surface area contributed by atoms with Crippen molar-refractivity contribution in [2.24, 2.45) is 0 Å². The van der Waals surface area contributed by atoms with E-state index in [1.165, 1.54) is 11.8 Å². The standard InChI is InChI=1S/C12H17N5OS/c1-3-10(18)7-17-11(15-9(2)16-17)8-19-12-13-5-4-6-14-12/h4-6,10,18H,3,7-8H2,1-2H3/t10-/m0/s1. The number of aliphatic hydroxyl groups is 1. The fourth-order valence-electron chi connectivity index (χ4n) is 1.57. The number of nitrogens with zero attached hydrogens (tertiary/aromatic N) is 5. The van der Waals surface area contributed by atoms with Gasteiger partial charge >= 0.3 is 0 Å². The van der Waals surface area contributed by atoms with Gasteiger partial charge in [0.15, 0.2) is 5.16 Å². The van der Waals surface area contributed by atoms with E-state index in [0.29, 0.717) is 29.7 Å². The van der Waals surface area contributed by atoms with E-state index < -0.39 is 6.10 Å². The van der Waals surface area contributed by atoms with E-state index in [2.05, 4.69) is 20.1 Å². The normalized spacial score (nSPS) is 12.6. The maximum atomic E-state index is 9.71. The van der Waals surface area contributed by atoms with E-state index in [-0.39, 0.29) is 0 Å². The van der Waals surface area contributed by atoms with Crippen LogP contribution in [0, 0.1) is 6.92 Å². The third kappa shape index (κ3) is 4.00. The van der Waals surface area contributed by atoms with E-state index in [1.54, 1.807) is 23.1 Å². The van der Waals surface area contributed by atoms with E-state index in [1.807, 2.05) is 13.8 Å². The van der Waals surface area contributed by atoms with Crippen LogP contribution >= 0.6 is 11.8 Å². The molecule has 102 valence electrons. The fraction of sp³-hybridized carbons (Fsp3) is 0.500. The van der Waals surface area contributed by atoms with E-state index in [9.17, 15) is 5.11 Å². The average Bonchev–Trinajstić information content (AvgIpc) is 2.77. The molecule has 2 rings (SSSR count). The first-order chi connectivity index (χ1) is 9.19. The molecule has 0 spiro atoms. The molecule has 6 nitrogen and oxygen atoms in total. The molecule has 0 saturated heterocycles. The summed E-state index contributed by atoms with van der Waals surface area (Å²) in [6.45, 7) is 4.27. The van der Waals surface area contributed by atoms with Gasteiger partial charge in [0.2, 0.25) is 0 Å². The van der Waals surface area contributed by atoms with Crippen molar-refractivity contribution in [3.05, 3.63) is 30.1 Å². The van der Waals surface area contributed by atoms with Gasteiger partial charge in [-0.05, 0) is 19.4 Å². The summed E-state index contributed by atoms with van der Waals surface area (Å²) in [6.07, 6.45) is 3.74. The van der Waals surface area contributed by atoms with Crippen LogP contribution in [0.5, 0.6) is 0 Å². The van der Waals surface area contributed by atoms with Crippen LogP contribution in [0.1, 0.15) is 25.0 Å². The highest BCUT2D eigenvalue weighted by Crippen LogP contribution is 2.17. The van der Waals surface area contributed by atoms with Gasteiger partial charge in [0.05, 0.1) is 18.4 Å². The monoisotopic (exact) mass is 279 g/mol. The summed E-state index contributed by atoms with van der Waals surface area (Å²) < 4.78 is 1.76. The van der Waals surface area contributed by atoms with Gasteiger partial charge in [0, 0.05) is 12.4 Å². The van der Waals surface area contributed by atoms with Gasteiger partial charge in [-0.15, -0.1) is 0 Å². The number of hydrogen-bond donors (Lipinski definition) is 1. The van der Waals surface area contributed by atoms with E-state index in [0.717, 1.165) is 5.82 Å². The molecule has 0 amide bonds. The number of aliphatic hydroxyl groups excluding tert-OH is 1. The topological polar surface area (TPSA) is 76.7 Å². The zero-order chi connectivity index (χ0) is 13.7. The maximum Gasteiger partial charge on any atom is 0.187 e. The van der Waals surface area contributed by atoms with Crippen molar-refractivity contribution in [1.29, 1.82) is 0 Å². The van der Waals surface area contributed by atoms with Crippen molar-refractivity contribution >= 4 is 11.8 Å². The number of rotatable bonds is 6. The molecule has 1 N–H and O–H groups in total. The second-order valence-corrected chi connectivity index (χ2v) is 5.08. The summed E-state index contributed by atoms with van der Waals surface area (Å²) in [5.74, 6) is 2.19. The zero-order valence-electron chi connectivity index (χ0n) is 11.0. The average molecular weight is 279 g/mol. The minimum absolute atomic E-state index is 0.391. The largest absolute Gasteiger partial charge is 0.391 e. The molecule has 2 heterocycles. The molecule has 0 aliphatic rings. The first kappa shape index (κ1) is 14.0. The Morgan fingerprint density at radius 1 is 1.37 bits per heavy atom. The summed E-state index contributed by atoms with van der Waals surface area (Å²) in [5.41, 5.74) is 0. The van der Waals surface area contributed by atoms with E-state index in [4.69, 9.17) is 0 Å². The lowest BCUT2D eigenvalue weighted by atomic mass is 10.3. The van der Waals surface area contributed by atoms with Crippen molar-refractivity contribution in [2.45, 2.75) is 43.8 Å². The zero-order valence-corrected chi connectivity index (χ0v) is 11.8. The van der Waals surface area contributed by atoms with Gasteiger partial charge < -0.3 is 5.11 Å². The molecular weight excluding hydrogens is 262 g/mol.